The molecule has 17 heavy (non-hydrogen) atoms. The highest BCUT2D eigenvalue weighted by Crippen LogP contribution is 2.28. The van der Waals surface area contributed by atoms with E-state index in [4.69, 9.17) is 5.11 Å². The van der Waals surface area contributed by atoms with Gasteiger partial charge in [-0.25, -0.2) is 0 Å². The molecule has 0 fully saturated rings. The molecule has 1 aliphatic rings. The smallest absolute Gasteiger partial charge is 0.307 e. The Balaban J connectivity index is 2.19. The molecule has 3 nitrogen and oxygen atoms in total. The Morgan fingerprint density at radius 2 is 2.24 bits per heavy atom. The Bertz CT molecular complexity index is 583. The first-order chi connectivity index (χ1) is 8.25. The van der Waals surface area contributed by atoms with E-state index in [1.807, 2.05) is 12.1 Å². The minimum Gasteiger partial charge on any atom is -0.481 e. The van der Waals surface area contributed by atoms with Crippen LogP contribution in [0.3, 0.4) is 0 Å². The zero-order chi connectivity index (χ0) is 11.8. The number of fused-ring (bicyclic) bond motifs is 3. The molecular weight excluding hydrogens is 214 g/mol. The molecule has 0 radical (unpaired) electrons. The molecule has 2 aromatic rings. The molecule has 0 atom stereocenters. The van der Waals surface area contributed by atoms with Crippen LogP contribution in [0.2, 0.25) is 0 Å². The molecule has 1 N–H and O–H groups in total. The Hall–Kier alpha value is -1.77. The molecule has 0 saturated carbocycles. The molecule has 0 unspecified atom stereocenters. The molecule has 1 aromatic carbocycles. The van der Waals surface area contributed by atoms with Gasteiger partial charge in [0.05, 0.1) is 6.42 Å². The van der Waals surface area contributed by atoms with E-state index in [1.54, 1.807) is 0 Å². The number of hydrogen-bond donors (Lipinski definition) is 1. The second kappa shape index (κ2) is 3.91. The van der Waals surface area contributed by atoms with Gasteiger partial charge in [-0.2, -0.15) is 0 Å². The summed E-state index contributed by atoms with van der Waals surface area (Å²) >= 11 is 0. The number of aryl methyl sites for hydroxylation is 2. The van der Waals surface area contributed by atoms with Crippen molar-refractivity contribution in [1.82, 2.24) is 4.57 Å². The summed E-state index contributed by atoms with van der Waals surface area (Å²) in [4.78, 5) is 10.8. The third-order valence-electron chi connectivity index (χ3n) is 3.53. The third kappa shape index (κ3) is 1.71. The van der Waals surface area contributed by atoms with E-state index in [1.165, 1.54) is 24.1 Å². The van der Waals surface area contributed by atoms with Gasteiger partial charge in [-0.15, -0.1) is 0 Å². The number of carboxylic acid groups (broad SMARTS) is 1. The van der Waals surface area contributed by atoms with Gasteiger partial charge in [0.2, 0.25) is 0 Å². The first-order valence-electron chi connectivity index (χ1n) is 6.07. The van der Waals surface area contributed by atoms with Gasteiger partial charge in [-0.3, -0.25) is 4.79 Å². The Labute approximate surface area is 99.7 Å². The van der Waals surface area contributed by atoms with Gasteiger partial charge in [0, 0.05) is 23.1 Å². The van der Waals surface area contributed by atoms with Crippen molar-refractivity contribution in [3.05, 3.63) is 35.5 Å². The molecule has 0 bridgehead atoms. The number of carbonyl (C=O) groups is 1. The summed E-state index contributed by atoms with van der Waals surface area (Å²) in [5.41, 5.74) is 3.47. The number of benzene rings is 1. The van der Waals surface area contributed by atoms with Crippen molar-refractivity contribution in [2.75, 3.05) is 0 Å². The highest BCUT2D eigenvalue weighted by atomic mass is 16.4. The lowest BCUT2D eigenvalue weighted by Gasteiger charge is -2.15. The van der Waals surface area contributed by atoms with E-state index in [2.05, 4.69) is 16.7 Å². The lowest BCUT2D eigenvalue weighted by molar-refractivity contribution is -0.136. The zero-order valence-corrected chi connectivity index (χ0v) is 9.65. The molecule has 1 aliphatic heterocycles. The molecule has 0 amide bonds. The maximum Gasteiger partial charge on any atom is 0.307 e. The summed E-state index contributed by atoms with van der Waals surface area (Å²) in [6.45, 7) is 1.06. The standard InChI is InChI=1S/C14H15NO2/c16-14(17)8-10-4-3-6-13-12(10)9-11-5-1-2-7-15(11)13/h3-4,6,9H,1-2,5,7-8H2,(H,16,17). The molecule has 1 aromatic heterocycles. The fourth-order valence-corrected chi connectivity index (χ4v) is 2.77. The van der Waals surface area contributed by atoms with Crippen LogP contribution in [0.25, 0.3) is 10.9 Å². The molecular formula is C14H15NO2. The normalized spacial score (nSPS) is 14.8. The van der Waals surface area contributed by atoms with E-state index in [0.29, 0.717) is 0 Å². The quantitative estimate of drug-likeness (QED) is 0.860. The number of aliphatic carboxylic acids is 1. The second-order valence-corrected chi connectivity index (χ2v) is 4.66. The maximum atomic E-state index is 10.8. The second-order valence-electron chi connectivity index (χ2n) is 4.66. The Morgan fingerprint density at radius 1 is 1.35 bits per heavy atom. The molecule has 2 heterocycles. The molecule has 3 heteroatoms. The summed E-state index contributed by atoms with van der Waals surface area (Å²) in [6, 6.07) is 8.15. The van der Waals surface area contributed by atoms with Gasteiger partial charge >= 0.3 is 5.97 Å². The van der Waals surface area contributed by atoms with Gasteiger partial charge < -0.3 is 9.67 Å². The van der Waals surface area contributed by atoms with Crippen LogP contribution >= 0.6 is 0 Å². The average Bonchev–Trinajstić information content (AvgIpc) is 2.68. The van der Waals surface area contributed by atoms with Gasteiger partial charge in [-0.05, 0) is 37.0 Å². The van der Waals surface area contributed by atoms with Crippen LogP contribution in [0.5, 0.6) is 0 Å². The summed E-state index contributed by atoms with van der Waals surface area (Å²) in [5, 5.41) is 10.0. The fraction of sp³-hybridized carbons (Fsp3) is 0.357. The van der Waals surface area contributed by atoms with Gasteiger partial charge in [0.15, 0.2) is 0 Å². The van der Waals surface area contributed by atoms with Crippen molar-refractivity contribution in [1.29, 1.82) is 0 Å². The topological polar surface area (TPSA) is 42.2 Å². The van der Waals surface area contributed by atoms with Crippen molar-refractivity contribution >= 4 is 16.9 Å². The maximum absolute atomic E-state index is 10.8. The number of hydrogen-bond acceptors (Lipinski definition) is 1. The zero-order valence-electron chi connectivity index (χ0n) is 9.65. The number of carboxylic acids is 1. The SMILES string of the molecule is O=C(O)Cc1cccc2c1cc1n2CCCC1. The highest BCUT2D eigenvalue weighted by Gasteiger charge is 2.15. The van der Waals surface area contributed by atoms with E-state index in [-0.39, 0.29) is 6.42 Å². The molecule has 0 saturated heterocycles. The third-order valence-corrected chi connectivity index (χ3v) is 3.53. The van der Waals surface area contributed by atoms with Crippen LogP contribution < -0.4 is 0 Å². The number of nitrogens with zero attached hydrogens (tertiary/aromatic N) is 1. The highest BCUT2D eigenvalue weighted by molar-refractivity contribution is 5.88. The minimum atomic E-state index is -0.762. The van der Waals surface area contributed by atoms with Crippen LogP contribution in [-0.2, 0) is 24.2 Å². The predicted molar refractivity (Wildman–Crippen MR) is 66.2 cm³/mol. The molecule has 0 aliphatic carbocycles. The Morgan fingerprint density at radius 3 is 3.06 bits per heavy atom. The lowest BCUT2D eigenvalue weighted by atomic mass is 10.1. The fourth-order valence-electron chi connectivity index (χ4n) is 2.77. The predicted octanol–water partition coefficient (Wildman–Crippen LogP) is 2.60. The first kappa shape index (κ1) is 10.4. The van der Waals surface area contributed by atoms with Crippen molar-refractivity contribution < 1.29 is 9.90 Å². The number of aromatic nitrogens is 1. The summed E-state index contributed by atoms with van der Waals surface area (Å²) in [7, 11) is 0. The van der Waals surface area contributed by atoms with E-state index in [9.17, 15) is 4.79 Å². The largest absolute Gasteiger partial charge is 0.481 e. The molecule has 3 rings (SSSR count). The average molecular weight is 229 g/mol. The van der Waals surface area contributed by atoms with Gasteiger partial charge in [0.25, 0.3) is 0 Å². The van der Waals surface area contributed by atoms with Crippen LogP contribution in [0.1, 0.15) is 24.1 Å². The van der Waals surface area contributed by atoms with Crippen LogP contribution in [0.15, 0.2) is 24.3 Å². The van der Waals surface area contributed by atoms with Crippen LogP contribution in [-0.4, -0.2) is 15.6 Å². The van der Waals surface area contributed by atoms with Crippen molar-refractivity contribution in [3.63, 3.8) is 0 Å². The molecule has 0 spiro atoms. The van der Waals surface area contributed by atoms with Crippen molar-refractivity contribution in [3.8, 4) is 0 Å². The lowest BCUT2D eigenvalue weighted by Crippen LogP contribution is -2.08. The molecule has 88 valence electrons. The van der Waals surface area contributed by atoms with Crippen molar-refractivity contribution in [2.45, 2.75) is 32.2 Å². The van der Waals surface area contributed by atoms with E-state index < -0.39 is 5.97 Å². The van der Waals surface area contributed by atoms with Crippen LogP contribution in [0, 0.1) is 0 Å². The monoisotopic (exact) mass is 229 g/mol. The first-order valence-corrected chi connectivity index (χ1v) is 6.07. The van der Waals surface area contributed by atoms with E-state index in [0.717, 1.165) is 23.9 Å². The van der Waals surface area contributed by atoms with Gasteiger partial charge in [0.1, 0.15) is 0 Å². The Kier molecular flexibility index (Phi) is 2.39. The van der Waals surface area contributed by atoms with Crippen molar-refractivity contribution in [2.24, 2.45) is 0 Å². The van der Waals surface area contributed by atoms with Gasteiger partial charge in [-0.1, -0.05) is 12.1 Å². The van der Waals surface area contributed by atoms with E-state index >= 15 is 0 Å². The number of rotatable bonds is 2. The minimum absolute atomic E-state index is 0.112. The summed E-state index contributed by atoms with van der Waals surface area (Å²) in [6.07, 6.45) is 3.69. The van der Waals surface area contributed by atoms with Crippen LogP contribution in [0.4, 0.5) is 0 Å². The summed E-state index contributed by atoms with van der Waals surface area (Å²) < 4.78 is 2.34. The summed E-state index contributed by atoms with van der Waals surface area (Å²) in [5.74, 6) is -0.762.